The summed E-state index contributed by atoms with van der Waals surface area (Å²) in [5.41, 5.74) is 0.223. The third-order valence-corrected chi connectivity index (χ3v) is 7.64. The number of pyridine rings is 1. The Morgan fingerprint density at radius 2 is 2.15 bits per heavy atom. The summed E-state index contributed by atoms with van der Waals surface area (Å²) in [5.74, 6) is -0.186. The van der Waals surface area contributed by atoms with Crippen molar-refractivity contribution in [1.29, 1.82) is 0 Å². The van der Waals surface area contributed by atoms with E-state index in [0.717, 1.165) is 17.7 Å². The molecule has 1 aromatic carbocycles. The van der Waals surface area contributed by atoms with Gasteiger partial charge in [0.25, 0.3) is 0 Å². The summed E-state index contributed by atoms with van der Waals surface area (Å²) in [4.78, 5) is 30.8. The van der Waals surface area contributed by atoms with Crippen molar-refractivity contribution in [2.75, 3.05) is 13.6 Å². The molecule has 4 aliphatic rings. The summed E-state index contributed by atoms with van der Waals surface area (Å²) in [6.07, 6.45) is 6.41. The third kappa shape index (κ3) is 2.62. The zero-order valence-electron chi connectivity index (χ0n) is 18.4. The number of aromatic nitrogens is 1. The van der Waals surface area contributed by atoms with Crippen LogP contribution in [0.3, 0.4) is 0 Å². The second kappa shape index (κ2) is 6.88. The molecule has 8 heteroatoms. The van der Waals surface area contributed by atoms with Crippen LogP contribution in [0.15, 0.2) is 48.8 Å². The quantitative estimate of drug-likeness (QED) is 0.431. The van der Waals surface area contributed by atoms with Crippen LogP contribution in [-0.2, 0) is 21.4 Å². The van der Waals surface area contributed by atoms with E-state index in [2.05, 4.69) is 9.88 Å². The van der Waals surface area contributed by atoms with E-state index in [-0.39, 0.29) is 6.04 Å². The van der Waals surface area contributed by atoms with Gasteiger partial charge in [-0.3, -0.25) is 14.7 Å². The molecular formula is C25H24N2O6. The van der Waals surface area contributed by atoms with Gasteiger partial charge in [0.2, 0.25) is 0 Å². The van der Waals surface area contributed by atoms with Gasteiger partial charge in [-0.2, -0.15) is 0 Å². The van der Waals surface area contributed by atoms with Crippen molar-refractivity contribution in [3.8, 4) is 11.5 Å². The summed E-state index contributed by atoms with van der Waals surface area (Å²) in [5, 5.41) is 12.2. The summed E-state index contributed by atoms with van der Waals surface area (Å²) in [6.45, 7) is 2.09. The van der Waals surface area contributed by atoms with E-state index in [1.165, 1.54) is 13.1 Å². The molecule has 1 aromatic heterocycles. The molecule has 5 atom stereocenters. The lowest BCUT2D eigenvalue weighted by Crippen LogP contribution is -2.75. The molecule has 2 aromatic rings. The maximum Gasteiger partial charge on any atom is 0.340 e. The zero-order chi connectivity index (χ0) is 23.0. The van der Waals surface area contributed by atoms with Crippen LogP contribution in [0.1, 0.15) is 34.8 Å². The molecule has 2 aliphatic carbocycles. The molecule has 0 saturated carbocycles. The molecule has 8 nitrogen and oxygen atoms in total. The van der Waals surface area contributed by atoms with Gasteiger partial charge >= 0.3 is 11.9 Å². The van der Waals surface area contributed by atoms with Crippen LogP contribution in [0.5, 0.6) is 11.5 Å². The van der Waals surface area contributed by atoms with Crippen molar-refractivity contribution in [3.63, 3.8) is 0 Å². The number of carbonyl (C=O) groups is 2. The minimum absolute atomic E-state index is 0.151. The van der Waals surface area contributed by atoms with Crippen molar-refractivity contribution < 1.29 is 28.9 Å². The lowest BCUT2D eigenvalue weighted by Gasteiger charge is -2.61. The number of aliphatic hydroxyl groups is 1. The van der Waals surface area contributed by atoms with Crippen LogP contribution in [-0.4, -0.2) is 64.4 Å². The standard InChI is InChI=1S/C25H24N2O6/c1-14(28)31-17-6-5-15-12-19-25(30)8-7-18(32-23(29)16-4-3-10-26-13-16)22-24(25,9-11-27(19)2)20(15)21(17)33-22/h3-8,10,13,18-19,22,30H,9,11-12H2,1-2H3/t18-,19-,22+,24+,25-/m1/s1. The van der Waals surface area contributed by atoms with Gasteiger partial charge in [-0.25, -0.2) is 4.79 Å². The van der Waals surface area contributed by atoms with E-state index in [1.807, 2.05) is 13.1 Å². The molecule has 1 N–H and O–H groups in total. The molecule has 3 heterocycles. The smallest absolute Gasteiger partial charge is 0.340 e. The Hall–Kier alpha value is -3.23. The van der Waals surface area contributed by atoms with Gasteiger partial charge in [-0.1, -0.05) is 12.1 Å². The van der Waals surface area contributed by atoms with E-state index in [4.69, 9.17) is 14.2 Å². The first-order valence-corrected chi connectivity index (χ1v) is 11.1. The van der Waals surface area contributed by atoms with Gasteiger partial charge in [0.05, 0.1) is 11.0 Å². The number of ether oxygens (including phenoxy) is 3. The highest BCUT2D eigenvalue weighted by molar-refractivity contribution is 5.89. The van der Waals surface area contributed by atoms with Crippen LogP contribution in [0.4, 0.5) is 0 Å². The van der Waals surface area contributed by atoms with Crippen molar-refractivity contribution in [2.24, 2.45) is 0 Å². The summed E-state index contributed by atoms with van der Waals surface area (Å²) in [6, 6.07) is 6.86. The number of likely N-dealkylation sites (N-methyl/N-ethyl adjacent to an activating group) is 1. The van der Waals surface area contributed by atoms with Gasteiger partial charge < -0.3 is 19.3 Å². The van der Waals surface area contributed by atoms with Crippen molar-refractivity contribution in [3.05, 3.63) is 65.5 Å². The topological polar surface area (TPSA) is 98.2 Å². The number of piperidine rings is 1. The Balaban J connectivity index is 1.49. The molecule has 0 amide bonds. The maximum atomic E-state index is 12.9. The average Bonchev–Trinajstić information content (AvgIpc) is 3.15. The second-order valence-corrected chi connectivity index (χ2v) is 9.28. The maximum absolute atomic E-state index is 12.9. The van der Waals surface area contributed by atoms with Crippen LogP contribution < -0.4 is 9.47 Å². The minimum atomic E-state index is -1.21. The van der Waals surface area contributed by atoms with Gasteiger partial charge in [-0.15, -0.1) is 0 Å². The molecule has 1 fully saturated rings. The number of benzene rings is 1. The van der Waals surface area contributed by atoms with Gasteiger partial charge in [0.15, 0.2) is 23.7 Å². The number of hydrogen-bond acceptors (Lipinski definition) is 8. The molecule has 0 radical (unpaired) electrons. The molecule has 2 bridgehead atoms. The van der Waals surface area contributed by atoms with Crippen molar-refractivity contribution in [2.45, 2.75) is 49.0 Å². The normalized spacial score (nSPS) is 33.1. The Labute approximate surface area is 190 Å². The fourth-order valence-electron chi connectivity index (χ4n) is 6.27. The van der Waals surface area contributed by atoms with Crippen LogP contribution in [0.25, 0.3) is 0 Å². The number of esters is 2. The Morgan fingerprint density at radius 1 is 1.30 bits per heavy atom. The predicted octanol–water partition coefficient (Wildman–Crippen LogP) is 1.79. The number of hydrogen-bond donors (Lipinski definition) is 1. The van der Waals surface area contributed by atoms with Gasteiger partial charge in [-0.05, 0) is 56.3 Å². The highest BCUT2D eigenvalue weighted by Gasteiger charge is 2.72. The zero-order valence-corrected chi connectivity index (χ0v) is 18.4. The first kappa shape index (κ1) is 20.4. The fraction of sp³-hybridized carbons (Fsp3) is 0.400. The van der Waals surface area contributed by atoms with E-state index in [0.29, 0.717) is 29.9 Å². The fourth-order valence-corrected chi connectivity index (χ4v) is 6.27. The lowest BCUT2D eigenvalue weighted by molar-refractivity contribution is -0.152. The van der Waals surface area contributed by atoms with Crippen molar-refractivity contribution >= 4 is 11.9 Å². The summed E-state index contributed by atoms with van der Waals surface area (Å²) >= 11 is 0. The monoisotopic (exact) mass is 448 g/mol. The molecule has 2 aliphatic heterocycles. The van der Waals surface area contributed by atoms with Crippen LogP contribution >= 0.6 is 0 Å². The molecule has 33 heavy (non-hydrogen) atoms. The molecule has 6 rings (SSSR count). The van der Waals surface area contributed by atoms with E-state index < -0.39 is 35.2 Å². The molecule has 170 valence electrons. The molecule has 0 unspecified atom stereocenters. The highest BCUT2D eigenvalue weighted by Crippen LogP contribution is 2.64. The number of rotatable bonds is 3. The highest BCUT2D eigenvalue weighted by atomic mass is 16.6. The molecule has 1 saturated heterocycles. The summed E-state index contributed by atoms with van der Waals surface area (Å²) in [7, 11) is 2.02. The van der Waals surface area contributed by atoms with E-state index in [1.54, 1.807) is 36.5 Å². The number of carbonyl (C=O) groups excluding carboxylic acids is 2. The van der Waals surface area contributed by atoms with Crippen LogP contribution in [0, 0.1) is 0 Å². The largest absolute Gasteiger partial charge is 0.481 e. The van der Waals surface area contributed by atoms with Gasteiger partial charge in [0, 0.05) is 30.9 Å². The molecular weight excluding hydrogens is 424 g/mol. The number of nitrogens with zero attached hydrogens (tertiary/aromatic N) is 2. The number of likely N-dealkylation sites (tertiary alicyclic amines) is 1. The van der Waals surface area contributed by atoms with Crippen molar-refractivity contribution in [1.82, 2.24) is 9.88 Å². The lowest BCUT2D eigenvalue weighted by atomic mass is 9.50. The SMILES string of the molecule is CC(=O)Oc1ccc2c3c1O[C@H]1[C@H](OC(=O)c4cccnc4)C=C[C@@]4(O)[C@@H](C2)N(C)CC[C@]314. The minimum Gasteiger partial charge on any atom is -0.481 e. The summed E-state index contributed by atoms with van der Waals surface area (Å²) < 4.78 is 17.8. The molecule has 1 spiro atoms. The third-order valence-electron chi connectivity index (χ3n) is 7.64. The first-order valence-electron chi connectivity index (χ1n) is 11.1. The average molecular weight is 448 g/mol. The van der Waals surface area contributed by atoms with Gasteiger partial charge in [0.1, 0.15) is 5.60 Å². The van der Waals surface area contributed by atoms with E-state index in [9.17, 15) is 14.7 Å². The Morgan fingerprint density at radius 3 is 2.91 bits per heavy atom. The second-order valence-electron chi connectivity index (χ2n) is 9.28. The van der Waals surface area contributed by atoms with Crippen LogP contribution in [0.2, 0.25) is 0 Å². The Bertz CT molecular complexity index is 1200. The first-order chi connectivity index (χ1) is 15.8. The Kier molecular flexibility index (Phi) is 4.25. The van der Waals surface area contributed by atoms with E-state index >= 15 is 0 Å². The predicted molar refractivity (Wildman–Crippen MR) is 116 cm³/mol.